The first-order chi connectivity index (χ1) is 9.19. The van der Waals surface area contributed by atoms with Crippen LogP contribution in [0.25, 0.3) is 0 Å². The van der Waals surface area contributed by atoms with Crippen molar-refractivity contribution in [2.75, 3.05) is 11.2 Å². The van der Waals surface area contributed by atoms with Crippen molar-refractivity contribution in [2.45, 2.75) is 44.2 Å². The van der Waals surface area contributed by atoms with E-state index < -0.39 is 6.10 Å². The number of aromatic nitrogens is 1. The number of rotatable bonds is 7. The molecular formula is C14H19ClN2O2. The Morgan fingerprint density at radius 2 is 2.37 bits per heavy atom. The Morgan fingerprint density at radius 3 is 3.00 bits per heavy atom. The van der Waals surface area contributed by atoms with Gasteiger partial charge in [0.25, 0.3) is 0 Å². The number of nitrogens with zero attached hydrogens (tertiary/aromatic N) is 1. The molecule has 1 saturated carbocycles. The lowest BCUT2D eigenvalue weighted by atomic mass is 9.93. The Hall–Kier alpha value is -1.13. The van der Waals surface area contributed by atoms with Gasteiger partial charge in [-0.2, -0.15) is 0 Å². The second kappa shape index (κ2) is 6.87. The first-order valence-corrected chi connectivity index (χ1v) is 7.22. The van der Waals surface area contributed by atoms with Crippen molar-refractivity contribution in [3.05, 3.63) is 23.9 Å². The molecule has 1 atom stereocenters. The third-order valence-electron chi connectivity index (χ3n) is 3.42. The molecule has 19 heavy (non-hydrogen) atoms. The largest absolute Gasteiger partial charge is 0.392 e. The molecule has 1 aromatic heterocycles. The predicted octanol–water partition coefficient (Wildman–Crippen LogP) is 2.61. The van der Waals surface area contributed by atoms with Crippen LogP contribution >= 0.6 is 11.6 Å². The van der Waals surface area contributed by atoms with Gasteiger partial charge in [0.05, 0.1) is 6.10 Å². The second-order valence-corrected chi connectivity index (χ2v) is 5.28. The third-order valence-corrected chi connectivity index (χ3v) is 3.78. The van der Waals surface area contributed by atoms with Gasteiger partial charge in [0.1, 0.15) is 5.82 Å². The maximum Gasteiger partial charge on any atom is 0.163 e. The van der Waals surface area contributed by atoms with Gasteiger partial charge in [0.15, 0.2) is 5.78 Å². The van der Waals surface area contributed by atoms with Crippen LogP contribution in [-0.4, -0.2) is 33.9 Å². The summed E-state index contributed by atoms with van der Waals surface area (Å²) in [6.45, 7) is 0. The molecule has 104 valence electrons. The molecule has 2 N–H and O–H groups in total. The van der Waals surface area contributed by atoms with Crippen LogP contribution in [0.2, 0.25) is 0 Å². The Morgan fingerprint density at radius 1 is 1.58 bits per heavy atom. The van der Waals surface area contributed by atoms with Crippen LogP contribution in [0.3, 0.4) is 0 Å². The van der Waals surface area contributed by atoms with E-state index in [9.17, 15) is 9.90 Å². The first-order valence-electron chi connectivity index (χ1n) is 6.69. The molecule has 0 spiro atoms. The lowest BCUT2D eigenvalue weighted by Crippen LogP contribution is -2.27. The molecule has 4 nitrogen and oxygen atoms in total. The first kappa shape index (κ1) is 14.3. The van der Waals surface area contributed by atoms with Gasteiger partial charge in [0.2, 0.25) is 0 Å². The summed E-state index contributed by atoms with van der Waals surface area (Å²) >= 11 is 5.51. The minimum Gasteiger partial charge on any atom is -0.392 e. The molecule has 5 heteroatoms. The standard InChI is InChI=1S/C14H19ClN2O2/c15-9-12(18)4-5-13(19)10-6-7-16-14(8-10)17-11-2-1-3-11/h6-8,11-12,18H,1-5,9H2,(H,16,17)/t12-/m0/s1. The van der Waals surface area contributed by atoms with Gasteiger partial charge in [-0.3, -0.25) is 4.79 Å². The van der Waals surface area contributed by atoms with E-state index in [1.54, 1.807) is 18.3 Å². The number of halogens is 1. The van der Waals surface area contributed by atoms with Crippen molar-refractivity contribution >= 4 is 23.2 Å². The van der Waals surface area contributed by atoms with Crippen LogP contribution in [0.5, 0.6) is 0 Å². The zero-order chi connectivity index (χ0) is 13.7. The van der Waals surface area contributed by atoms with Crippen LogP contribution in [0, 0.1) is 0 Å². The number of hydrogen-bond acceptors (Lipinski definition) is 4. The summed E-state index contributed by atoms with van der Waals surface area (Å²) in [6.07, 6.45) is 5.33. The van der Waals surface area contributed by atoms with Gasteiger partial charge in [0, 0.05) is 30.1 Å². The molecule has 1 fully saturated rings. The smallest absolute Gasteiger partial charge is 0.163 e. The number of anilines is 1. The van der Waals surface area contributed by atoms with Crippen molar-refractivity contribution in [1.29, 1.82) is 0 Å². The molecule has 1 aliphatic rings. The molecule has 0 saturated heterocycles. The van der Waals surface area contributed by atoms with Crippen LogP contribution in [0.1, 0.15) is 42.5 Å². The number of aliphatic hydroxyl groups is 1. The molecule has 0 amide bonds. The SMILES string of the molecule is O=C(CC[C@H](O)CCl)c1ccnc(NC2CCC2)c1. The van der Waals surface area contributed by atoms with Gasteiger partial charge in [-0.25, -0.2) is 4.98 Å². The molecule has 0 bridgehead atoms. The molecule has 0 radical (unpaired) electrons. The number of Topliss-reactive ketones (excluding diaryl/α,β-unsaturated/α-hetero) is 1. The Balaban J connectivity index is 1.91. The third kappa shape index (κ3) is 4.18. The monoisotopic (exact) mass is 282 g/mol. The topological polar surface area (TPSA) is 62.2 Å². The molecule has 0 aliphatic heterocycles. The fourth-order valence-electron chi connectivity index (χ4n) is 1.96. The zero-order valence-corrected chi connectivity index (χ0v) is 11.6. The van der Waals surface area contributed by atoms with Gasteiger partial charge in [-0.15, -0.1) is 11.6 Å². The van der Waals surface area contributed by atoms with E-state index in [2.05, 4.69) is 10.3 Å². The highest BCUT2D eigenvalue weighted by Crippen LogP contribution is 2.22. The Bertz CT molecular complexity index is 435. The van der Waals surface area contributed by atoms with Crippen LogP contribution in [0.4, 0.5) is 5.82 Å². The molecule has 1 heterocycles. The number of pyridine rings is 1. The van der Waals surface area contributed by atoms with Gasteiger partial charge in [-0.05, 0) is 37.8 Å². The molecule has 1 aliphatic carbocycles. The van der Waals surface area contributed by atoms with E-state index in [-0.39, 0.29) is 11.7 Å². The van der Waals surface area contributed by atoms with E-state index in [0.29, 0.717) is 24.4 Å². The second-order valence-electron chi connectivity index (χ2n) is 4.97. The highest BCUT2D eigenvalue weighted by molar-refractivity contribution is 6.18. The van der Waals surface area contributed by atoms with E-state index in [4.69, 9.17) is 11.6 Å². The predicted molar refractivity (Wildman–Crippen MR) is 75.8 cm³/mol. The summed E-state index contributed by atoms with van der Waals surface area (Å²) in [6, 6.07) is 3.99. The number of alkyl halides is 1. The minimum absolute atomic E-state index is 0.0169. The van der Waals surface area contributed by atoms with Crippen molar-refractivity contribution in [1.82, 2.24) is 4.98 Å². The highest BCUT2D eigenvalue weighted by atomic mass is 35.5. The molecule has 2 rings (SSSR count). The van der Waals surface area contributed by atoms with E-state index in [1.807, 2.05) is 0 Å². The summed E-state index contributed by atoms with van der Waals surface area (Å²) in [4.78, 5) is 16.2. The van der Waals surface area contributed by atoms with E-state index >= 15 is 0 Å². The fourth-order valence-corrected chi connectivity index (χ4v) is 2.12. The number of carbonyl (C=O) groups excluding carboxylic acids is 1. The van der Waals surface area contributed by atoms with Crippen molar-refractivity contribution in [3.63, 3.8) is 0 Å². The zero-order valence-electron chi connectivity index (χ0n) is 10.8. The summed E-state index contributed by atoms with van der Waals surface area (Å²) in [5.41, 5.74) is 0.638. The quantitative estimate of drug-likeness (QED) is 0.596. The Labute approximate surface area is 118 Å². The average Bonchev–Trinajstić information content (AvgIpc) is 2.40. The molecule has 0 aromatic carbocycles. The maximum absolute atomic E-state index is 12.0. The van der Waals surface area contributed by atoms with Gasteiger partial charge < -0.3 is 10.4 Å². The fraction of sp³-hybridized carbons (Fsp3) is 0.571. The number of ketones is 1. The number of aliphatic hydroxyl groups excluding tert-OH is 1. The average molecular weight is 283 g/mol. The summed E-state index contributed by atoms with van der Waals surface area (Å²) in [5, 5.41) is 12.7. The summed E-state index contributed by atoms with van der Waals surface area (Å²) in [7, 11) is 0. The number of nitrogens with one attached hydrogen (secondary N) is 1. The molecule has 1 aromatic rings. The Kier molecular flexibility index (Phi) is 5.16. The molecular weight excluding hydrogens is 264 g/mol. The lowest BCUT2D eigenvalue weighted by molar-refractivity contribution is 0.0951. The summed E-state index contributed by atoms with van der Waals surface area (Å²) < 4.78 is 0. The normalized spacial score (nSPS) is 16.7. The maximum atomic E-state index is 12.0. The van der Waals surface area contributed by atoms with Crippen LogP contribution in [-0.2, 0) is 0 Å². The van der Waals surface area contributed by atoms with E-state index in [1.165, 1.54) is 19.3 Å². The van der Waals surface area contributed by atoms with Crippen LogP contribution < -0.4 is 5.32 Å². The lowest BCUT2D eigenvalue weighted by Gasteiger charge is -2.26. The van der Waals surface area contributed by atoms with Crippen LogP contribution in [0.15, 0.2) is 18.3 Å². The van der Waals surface area contributed by atoms with Crippen molar-refractivity contribution < 1.29 is 9.90 Å². The van der Waals surface area contributed by atoms with Gasteiger partial charge >= 0.3 is 0 Å². The molecule has 0 unspecified atom stereocenters. The number of hydrogen-bond donors (Lipinski definition) is 2. The highest BCUT2D eigenvalue weighted by Gasteiger charge is 2.18. The van der Waals surface area contributed by atoms with Gasteiger partial charge in [-0.1, -0.05) is 0 Å². The van der Waals surface area contributed by atoms with Crippen molar-refractivity contribution in [2.24, 2.45) is 0 Å². The summed E-state index contributed by atoms with van der Waals surface area (Å²) in [5.74, 6) is 0.939. The minimum atomic E-state index is -0.611. The number of carbonyl (C=O) groups is 1. The van der Waals surface area contributed by atoms with Crippen molar-refractivity contribution in [3.8, 4) is 0 Å². The van der Waals surface area contributed by atoms with E-state index in [0.717, 1.165) is 5.82 Å².